The van der Waals surface area contributed by atoms with Crippen molar-refractivity contribution >= 4 is 11.6 Å². The molecule has 0 fully saturated rings. The fourth-order valence-electron chi connectivity index (χ4n) is 2.22. The molecule has 0 saturated carbocycles. The maximum Gasteiger partial charge on any atom is 0.135 e. The molecular formula is C19H19ClO. The van der Waals surface area contributed by atoms with Crippen molar-refractivity contribution in [3.63, 3.8) is 0 Å². The van der Waals surface area contributed by atoms with Gasteiger partial charge in [-0.25, -0.2) is 0 Å². The van der Waals surface area contributed by atoms with E-state index in [1.54, 1.807) is 0 Å². The number of benzene rings is 2. The summed E-state index contributed by atoms with van der Waals surface area (Å²) in [7, 11) is 0. The SMILES string of the molecule is Cc1ccc(OCc2c(C)cccc2C)c(C#CCCl)c1. The number of halogens is 1. The van der Waals surface area contributed by atoms with E-state index in [-0.39, 0.29) is 0 Å². The molecule has 0 aliphatic heterocycles. The van der Waals surface area contributed by atoms with Crippen LogP contribution in [0.4, 0.5) is 0 Å². The first-order chi connectivity index (χ1) is 10.1. The maximum absolute atomic E-state index is 5.99. The van der Waals surface area contributed by atoms with Crippen molar-refractivity contribution in [2.45, 2.75) is 27.4 Å². The van der Waals surface area contributed by atoms with Crippen molar-refractivity contribution in [1.29, 1.82) is 0 Å². The zero-order valence-corrected chi connectivity index (χ0v) is 13.4. The second-order valence-corrected chi connectivity index (χ2v) is 5.36. The summed E-state index contributed by atoms with van der Waals surface area (Å²) >= 11 is 5.64. The van der Waals surface area contributed by atoms with Gasteiger partial charge >= 0.3 is 0 Å². The fraction of sp³-hybridized carbons (Fsp3) is 0.263. The Kier molecular flexibility index (Phi) is 5.31. The second kappa shape index (κ2) is 7.20. The van der Waals surface area contributed by atoms with Gasteiger partial charge in [0, 0.05) is 0 Å². The summed E-state index contributed by atoms with van der Waals surface area (Å²) in [6.45, 7) is 6.81. The van der Waals surface area contributed by atoms with E-state index in [9.17, 15) is 0 Å². The third kappa shape index (κ3) is 4.03. The summed E-state index contributed by atoms with van der Waals surface area (Å²) in [6.07, 6.45) is 0. The summed E-state index contributed by atoms with van der Waals surface area (Å²) in [5.41, 5.74) is 5.77. The lowest BCUT2D eigenvalue weighted by Gasteiger charge is -2.13. The van der Waals surface area contributed by atoms with Crippen molar-refractivity contribution in [2.24, 2.45) is 0 Å². The van der Waals surface area contributed by atoms with Gasteiger partial charge in [0.05, 0.1) is 11.4 Å². The van der Waals surface area contributed by atoms with Crippen LogP contribution in [0.25, 0.3) is 0 Å². The molecule has 0 N–H and O–H groups in total. The van der Waals surface area contributed by atoms with Gasteiger partial charge in [-0.15, -0.1) is 11.6 Å². The van der Waals surface area contributed by atoms with Crippen molar-refractivity contribution in [1.82, 2.24) is 0 Å². The Morgan fingerprint density at radius 2 is 1.76 bits per heavy atom. The first-order valence-corrected chi connectivity index (χ1v) is 7.48. The highest BCUT2D eigenvalue weighted by Crippen LogP contribution is 2.22. The number of rotatable bonds is 3. The van der Waals surface area contributed by atoms with E-state index >= 15 is 0 Å². The maximum atomic E-state index is 5.99. The average Bonchev–Trinajstić information content (AvgIpc) is 2.46. The van der Waals surface area contributed by atoms with Crippen LogP contribution in [0, 0.1) is 32.6 Å². The van der Waals surface area contributed by atoms with Crippen molar-refractivity contribution in [3.05, 3.63) is 64.2 Å². The molecule has 2 aromatic rings. The number of hydrogen-bond acceptors (Lipinski definition) is 1. The topological polar surface area (TPSA) is 9.23 Å². The van der Waals surface area contributed by atoms with E-state index in [1.807, 2.05) is 25.1 Å². The smallest absolute Gasteiger partial charge is 0.135 e. The van der Waals surface area contributed by atoms with E-state index in [1.165, 1.54) is 16.7 Å². The van der Waals surface area contributed by atoms with Gasteiger partial charge in [0.15, 0.2) is 0 Å². The number of hydrogen-bond donors (Lipinski definition) is 0. The van der Waals surface area contributed by atoms with Crippen LogP contribution in [0.2, 0.25) is 0 Å². The molecule has 108 valence electrons. The summed E-state index contributed by atoms with van der Waals surface area (Å²) < 4.78 is 5.99. The minimum atomic E-state index is 0.324. The third-order valence-electron chi connectivity index (χ3n) is 3.44. The van der Waals surface area contributed by atoms with E-state index < -0.39 is 0 Å². The second-order valence-electron chi connectivity index (χ2n) is 5.09. The lowest BCUT2D eigenvalue weighted by atomic mass is 10.0. The van der Waals surface area contributed by atoms with E-state index in [4.69, 9.17) is 16.3 Å². The van der Waals surface area contributed by atoms with Gasteiger partial charge in [0.1, 0.15) is 12.4 Å². The monoisotopic (exact) mass is 298 g/mol. The molecule has 0 amide bonds. The Morgan fingerprint density at radius 1 is 1.05 bits per heavy atom. The highest BCUT2D eigenvalue weighted by atomic mass is 35.5. The largest absolute Gasteiger partial charge is 0.488 e. The molecule has 2 aromatic carbocycles. The molecule has 0 unspecified atom stereocenters. The summed E-state index contributed by atoms with van der Waals surface area (Å²) in [6, 6.07) is 12.3. The van der Waals surface area contributed by atoms with Gasteiger partial charge in [-0.3, -0.25) is 0 Å². The number of ether oxygens (including phenoxy) is 1. The first kappa shape index (κ1) is 15.5. The van der Waals surface area contributed by atoms with Crippen molar-refractivity contribution < 1.29 is 4.74 Å². The Hall–Kier alpha value is -1.91. The quantitative estimate of drug-likeness (QED) is 0.585. The van der Waals surface area contributed by atoms with E-state index in [0.717, 1.165) is 16.9 Å². The Balaban J connectivity index is 2.24. The molecule has 2 heteroatoms. The van der Waals surface area contributed by atoms with Gasteiger partial charge in [0.2, 0.25) is 0 Å². The molecule has 21 heavy (non-hydrogen) atoms. The predicted molar refractivity (Wildman–Crippen MR) is 89.0 cm³/mol. The highest BCUT2D eigenvalue weighted by molar-refractivity contribution is 6.19. The summed E-state index contributed by atoms with van der Waals surface area (Å²) in [5, 5.41) is 0. The Bertz CT molecular complexity index is 672. The number of aryl methyl sites for hydroxylation is 3. The summed E-state index contributed by atoms with van der Waals surface area (Å²) in [5.74, 6) is 7.08. The van der Waals surface area contributed by atoms with Crippen LogP contribution >= 0.6 is 11.6 Å². The lowest BCUT2D eigenvalue weighted by Crippen LogP contribution is -2.02. The summed E-state index contributed by atoms with van der Waals surface area (Å²) in [4.78, 5) is 0. The van der Waals surface area contributed by atoms with Crippen molar-refractivity contribution in [3.8, 4) is 17.6 Å². The first-order valence-electron chi connectivity index (χ1n) is 6.95. The van der Waals surface area contributed by atoms with Crippen LogP contribution in [0.5, 0.6) is 5.75 Å². The van der Waals surface area contributed by atoms with Crippen LogP contribution in [-0.2, 0) is 6.61 Å². The number of alkyl halides is 1. The Morgan fingerprint density at radius 3 is 2.43 bits per heavy atom. The molecule has 0 aliphatic rings. The molecule has 0 radical (unpaired) electrons. The van der Waals surface area contributed by atoms with Crippen LogP contribution < -0.4 is 4.74 Å². The van der Waals surface area contributed by atoms with Gasteiger partial charge < -0.3 is 4.74 Å². The standard InChI is InChI=1S/C19H19ClO/c1-14-9-10-19(17(12-14)8-5-11-20)21-13-18-15(2)6-4-7-16(18)3/h4,6-7,9-10,12H,11,13H2,1-3H3. The van der Waals surface area contributed by atoms with Crippen LogP contribution in [0.3, 0.4) is 0 Å². The van der Waals surface area contributed by atoms with Crippen molar-refractivity contribution in [2.75, 3.05) is 5.88 Å². The minimum Gasteiger partial charge on any atom is -0.488 e. The third-order valence-corrected chi connectivity index (χ3v) is 3.58. The zero-order chi connectivity index (χ0) is 15.2. The molecule has 0 saturated heterocycles. The highest BCUT2D eigenvalue weighted by Gasteiger charge is 2.06. The van der Waals surface area contributed by atoms with Gasteiger partial charge in [-0.05, 0) is 55.2 Å². The van der Waals surface area contributed by atoms with E-state index in [0.29, 0.717) is 12.5 Å². The van der Waals surface area contributed by atoms with Crippen LogP contribution in [0.15, 0.2) is 36.4 Å². The Labute approximate surface area is 131 Å². The lowest BCUT2D eigenvalue weighted by molar-refractivity contribution is 0.303. The van der Waals surface area contributed by atoms with Gasteiger partial charge in [-0.1, -0.05) is 36.1 Å². The molecule has 0 bridgehead atoms. The fourth-order valence-corrected chi connectivity index (χ4v) is 2.29. The molecule has 0 heterocycles. The predicted octanol–water partition coefficient (Wildman–Crippen LogP) is 4.78. The molecule has 0 aliphatic carbocycles. The van der Waals surface area contributed by atoms with Crippen LogP contribution in [-0.4, -0.2) is 5.88 Å². The molecule has 2 rings (SSSR count). The van der Waals surface area contributed by atoms with Gasteiger partial charge in [-0.2, -0.15) is 0 Å². The van der Waals surface area contributed by atoms with Crippen LogP contribution in [0.1, 0.15) is 27.8 Å². The minimum absolute atomic E-state index is 0.324. The zero-order valence-electron chi connectivity index (χ0n) is 12.7. The molecular weight excluding hydrogens is 280 g/mol. The molecule has 0 spiro atoms. The van der Waals surface area contributed by atoms with Gasteiger partial charge in [0.25, 0.3) is 0 Å². The average molecular weight is 299 g/mol. The molecule has 0 aromatic heterocycles. The molecule has 1 nitrogen and oxygen atoms in total. The van der Waals surface area contributed by atoms with E-state index in [2.05, 4.69) is 43.9 Å². The normalized spacial score (nSPS) is 9.90. The molecule has 0 atom stereocenters.